The van der Waals surface area contributed by atoms with Gasteiger partial charge in [0.15, 0.2) is 0 Å². The number of unbranched alkanes of at least 4 members (excludes halogenated alkanes) is 15. The van der Waals surface area contributed by atoms with Gasteiger partial charge in [0.2, 0.25) is 0 Å². The Morgan fingerprint density at radius 2 is 0.708 bits per heavy atom. The van der Waals surface area contributed by atoms with Gasteiger partial charge in [0.05, 0.1) is 27.7 Å². The molecule has 0 spiro atoms. The summed E-state index contributed by atoms with van der Waals surface area (Å²) in [5, 5.41) is 1.18. The molecule has 0 aromatic carbocycles. The summed E-state index contributed by atoms with van der Waals surface area (Å²) in [6, 6.07) is 0. The Balaban J connectivity index is 0. The lowest BCUT2D eigenvalue weighted by molar-refractivity contribution is -0.870. The van der Waals surface area contributed by atoms with E-state index in [1.807, 2.05) is 0 Å². The third-order valence-electron chi connectivity index (χ3n) is 4.71. The molecule has 24 heavy (non-hydrogen) atoms. The van der Waals surface area contributed by atoms with Crippen molar-refractivity contribution in [1.29, 1.82) is 0 Å². The molecule has 0 aliphatic carbocycles. The summed E-state index contributed by atoms with van der Waals surface area (Å²) in [7, 11) is 6.89. The second-order valence-electron chi connectivity index (χ2n) is 8.36. The molecule has 0 atom stereocenters. The van der Waals surface area contributed by atoms with Crippen molar-refractivity contribution in [3.05, 3.63) is 0 Å². The van der Waals surface area contributed by atoms with Crippen LogP contribution in [0.3, 0.4) is 0 Å². The van der Waals surface area contributed by atoms with Crippen LogP contribution in [0.4, 0.5) is 0 Å². The molecule has 0 unspecified atom stereocenters. The van der Waals surface area contributed by atoms with E-state index in [1.165, 1.54) is 115 Å². The molecule has 0 aliphatic rings. The van der Waals surface area contributed by atoms with Crippen LogP contribution in [-0.4, -0.2) is 37.5 Å². The highest BCUT2D eigenvalue weighted by Gasteiger charge is 2.04. The van der Waals surface area contributed by atoms with E-state index in [9.17, 15) is 0 Å². The van der Waals surface area contributed by atoms with Crippen molar-refractivity contribution >= 4 is 15.9 Å². The molecule has 0 heterocycles. The lowest BCUT2D eigenvalue weighted by Crippen LogP contribution is -3.00. The fraction of sp³-hybridized carbons (Fsp3) is 1.00. The minimum absolute atomic E-state index is 0. The Bertz CT molecular complexity index is 226. The van der Waals surface area contributed by atoms with E-state index >= 15 is 0 Å². The van der Waals surface area contributed by atoms with Crippen molar-refractivity contribution < 1.29 is 21.5 Å². The van der Waals surface area contributed by atoms with Gasteiger partial charge >= 0.3 is 0 Å². The van der Waals surface area contributed by atoms with Crippen LogP contribution in [0.5, 0.6) is 0 Å². The fourth-order valence-electron chi connectivity index (χ4n) is 3.16. The molecule has 0 saturated heterocycles. The van der Waals surface area contributed by atoms with Crippen molar-refractivity contribution in [1.82, 2.24) is 0 Å². The third kappa shape index (κ3) is 25.2. The lowest BCUT2D eigenvalue weighted by atomic mass is 10.0. The molecule has 3 heteroatoms. The summed E-state index contributed by atoms with van der Waals surface area (Å²) in [6.07, 6.45) is 23.2. The largest absolute Gasteiger partial charge is 1.00 e. The first-order valence-corrected chi connectivity index (χ1v) is 11.5. The highest BCUT2D eigenvalue weighted by molar-refractivity contribution is 9.09. The summed E-state index contributed by atoms with van der Waals surface area (Å²) in [5.74, 6) is 0. The SMILES string of the molecule is C[N+](C)(C)CCCCCCCCCCCCCCCCCCBr.[Br-]. The summed E-state index contributed by atoms with van der Waals surface area (Å²) >= 11 is 3.50. The van der Waals surface area contributed by atoms with Gasteiger partial charge in [-0.05, 0) is 19.3 Å². The van der Waals surface area contributed by atoms with Crippen LogP contribution in [0.25, 0.3) is 0 Å². The van der Waals surface area contributed by atoms with Gasteiger partial charge in [-0.2, -0.15) is 0 Å². The molecule has 0 bridgehead atoms. The van der Waals surface area contributed by atoms with Gasteiger partial charge < -0.3 is 21.5 Å². The summed E-state index contributed by atoms with van der Waals surface area (Å²) in [4.78, 5) is 0. The molecule has 0 saturated carbocycles. The average molecular weight is 471 g/mol. The van der Waals surface area contributed by atoms with E-state index in [4.69, 9.17) is 0 Å². The van der Waals surface area contributed by atoms with Crippen molar-refractivity contribution in [3.8, 4) is 0 Å². The topological polar surface area (TPSA) is 0 Å². The van der Waals surface area contributed by atoms with E-state index in [0.29, 0.717) is 0 Å². The lowest BCUT2D eigenvalue weighted by Gasteiger charge is -2.23. The van der Waals surface area contributed by atoms with E-state index in [2.05, 4.69) is 37.1 Å². The minimum Gasteiger partial charge on any atom is -1.00 e. The Hall–Kier alpha value is 0.920. The van der Waals surface area contributed by atoms with E-state index < -0.39 is 0 Å². The molecule has 0 amide bonds. The van der Waals surface area contributed by atoms with Crippen LogP contribution in [0.15, 0.2) is 0 Å². The zero-order chi connectivity index (χ0) is 17.2. The number of halogens is 2. The monoisotopic (exact) mass is 469 g/mol. The highest BCUT2D eigenvalue weighted by atomic mass is 79.9. The zero-order valence-electron chi connectivity index (χ0n) is 16.9. The highest BCUT2D eigenvalue weighted by Crippen LogP contribution is 2.14. The van der Waals surface area contributed by atoms with Gasteiger partial charge in [-0.15, -0.1) is 0 Å². The first-order chi connectivity index (χ1) is 11.1. The van der Waals surface area contributed by atoms with Gasteiger partial charge in [-0.25, -0.2) is 0 Å². The van der Waals surface area contributed by atoms with Crippen LogP contribution in [0, 0.1) is 0 Å². The predicted octanol–water partition coefficient (Wildman–Crippen LogP) is 4.33. The number of hydrogen-bond donors (Lipinski definition) is 0. The van der Waals surface area contributed by atoms with Gasteiger partial charge in [0, 0.05) is 5.33 Å². The molecule has 0 fully saturated rings. The number of nitrogens with zero attached hydrogens (tertiary/aromatic N) is 1. The molecular weight excluding hydrogens is 426 g/mol. The smallest absolute Gasteiger partial charge is 0.0780 e. The van der Waals surface area contributed by atoms with Crippen LogP contribution in [0.2, 0.25) is 0 Å². The maximum Gasteiger partial charge on any atom is 0.0780 e. The maximum atomic E-state index is 3.50. The van der Waals surface area contributed by atoms with Crippen molar-refractivity contribution in [3.63, 3.8) is 0 Å². The molecule has 0 rings (SSSR count). The number of rotatable bonds is 18. The number of quaternary nitrogens is 1. The predicted molar refractivity (Wildman–Crippen MR) is 111 cm³/mol. The second-order valence-corrected chi connectivity index (χ2v) is 9.15. The zero-order valence-corrected chi connectivity index (χ0v) is 20.1. The van der Waals surface area contributed by atoms with Crippen molar-refractivity contribution in [2.75, 3.05) is 33.0 Å². The standard InChI is InChI=1S/C21H45BrN.BrH/c1-23(2,3)21-19-17-15-13-11-9-7-5-4-6-8-10-12-14-16-18-20-22;/h4-21H2,1-3H3;1H/q+1;/p-1. The Morgan fingerprint density at radius 1 is 0.458 bits per heavy atom. The van der Waals surface area contributed by atoms with E-state index in [0.717, 1.165) is 4.48 Å². The van der Waals surface area contributed by atoms with Gasteiger partial charge in [-0.1, -0.05) is 99.4 Å². The molecule has 0 N–H and O–H groups in total. The number of alkyl halides is 1. The van der Waals surface area contributed by atoms with Gasteiger partial charge in [0.1, 0.15) is 0 Å². The molecule has 0 radical (unpaired) electrons. The van der Waals surface area contributed by atoms with Crippen LogP contribution in [-0.2, 0) is 0 Å². The van der Waals surface area contributed by atoms with Crippen LogP contribution >= 0.6 is 15.9 Å². The molecule has 148 valence electrons. The van der Waals surface area contributed by atoms with Crippen molar-refractivity contribution in [2.24, 2.45) is 0 Å². The van der Waals surface area contributed by atoms with Crippen LogP contribution in [0.1, 0.15) is 103 Å². The Kier molecular flexibility index (Phi) is 22.9. The molecule has 0 aliphatic heterocycles. The fourth-order valence-corrected chi connectivity index (χ4v) is 3.55. The van der Waals surface area contributed by atoms with Gasteiger partial charge in [-0.3, -0.25) is 0 Å². The molecule has 1 nitrogen and oxygen atoms in total. The quantitative estimate of drug-likeness (QED) is 0.159. The second kappa shape index (κ2) is 20.2. The van der Waals surface area contributed by atoms with E-state index in [1.54, 1.807) is 0 Å². The van der Waals surface area contributed by atoms with Crippen molar-refractivity contribution in [2.45, 2.75) is 103 Å². The minimum atomic E-state index is 0. The number of hydrogen-bond acceptors (Lipinski definition) is 0. The Labute approximate surface area is 172 Å². The molecule has 0 aromatic heterocycles. The summed E-state index contributed by atoms with van der Waals surface area (Å²) < 4.78 is 1.12. The molecular formula is C21H45Br2N. The first-order valence-electron chi connectivity index (χ1n) is 10.4. The van der Waals surface area contributed by atoms with E-state index in [-0.39, 0.29) is 17.0 Å². The van der Waals surface area contributed by atoms with Crippen LogP contribution < -0.4 is 17.0 Å². The normalized spacial score (nSPS) is 11.5. The Morgan fingerprint density at radius 3 is 0.958 bits per heavy atom. The summed E-state index contributed by atoms with van der Waals surface area (Å²) in [5.41, 5.74) is 0. The molecule has 0 aromatic rings. The van der Waals surface area contributed by atoms with Gasteiger partial charge in [0.25, 0.3) is 0 Å². The third-order valence-corrected chi connectivity index (χ3v) is 5.27. The summed E-state index contributed by atoms with van der Waals surface area (Å²) in [6.45, 7) is 1.33. The maximum absolute atomic E-state index is 3.50. The average Bonchev–Trinajstić information content (AvgIpc) is 2.49. The first kappa shape index (κ1) is 27.1.